The summed E-state index contributed by atoms with van der Waals surface area (Å²) in [6.45, 7) is 5.23. The minimum Gasteiger partial charge on any atom is -0.481 e. The molecule has 2 aromatic heterocycles. The van der Waals surface area contributed by atoms with E-state index in [9.17, 15) is 0 Å². The van der Waals surface area contributed by atoms with Gasteiger partial charge in [-0.3, -0.25) is 4.90 Å². The van der Waals surface area contributed by atoms with E-state index in [1.807, 2.05) is 23.5 Å². The van der Waals surface area contributed by atoms with Gasteiger partial charge in [0.25, 0.3) is 0 Å². The van der Waals surface area contributed by atoms with Crippen molar-refractivity contribution in [2.45, 2.75) is 6.54 Å². The van der Waals surface area contributed by atoms with Crippen molar-refractivity contribution in [2.24, 2.45) is 0 Å². The van der Waals surface area contributed by atoms with Crippen molar-refractivity contribution in [3.63, 3.8) is 0 Å². The zero-order valence-corrected chi connectivity index (χ0v) is 12.5. The van der Waals surface area contributed by atoms with Crippen molar-refractivity contribution in [3.8, 4) is 5.88 Å². The van der Waals surface area contributed by atoms with Crippen LogP contribution < -0.4 is 9.64 Å². The van der Waals surface area contributed by atoms with E-state index in [4.69, 9.17) is 4.74 Å². The van der Waals surface area contributed by atoms with E-state index in [2.05, 4.69) is 38.4 Å². The number of piperazine rings is 1. The molecule has 0 N–H and O–H groups in total. The zero-order valence-electron chi connectivity index (χ0n) is 11.7. The van der Waals surface area contributed by atoms with Crippen LogP contribution >= 0.6 is 11.3 Å². The van der Waals surface area contributed by atoms with Crippen molar-refractivity contribution in [1.29, 1.82) is 0 Å². The lowest BCUT2D eigenvalue weighted by atomic mass is 10.2. The van der Waals surface area contributed by atoms with Gasteiger partial charge >= 0.3 is 0 Å². The van der Waals surface area contributed by atoms with Crippen LogP contribution in [-0.4, -0.2) is 43.2 Å². The van der Waals surface area contributed by atoms with Gasteiger partial charge in [0.05, 0.1) is 17.8 Å². The topological polar surface area (TPSA) is 28.6 Å². The van der Waals surface area contributed by atoms with Gasteiger partial charge in [0.1, 0.15) is 0 Å². The molecule has 5 heteroatoms. The summed E-state index contributed by atoms with van der Waals surface area (Å²) in [5, 5.41) is 3.52. The van der Waals surface area contributed by atoms with Gasteiger partial charge in [-0.25, -0.2) is 4.98 Å². The van der Waals surface area contributed by atoms with E-state index >= 15 is 0 Å². The zero-order chi connectivity index (χ0) is 13.8. The number of pyridine rings is 1. The van der Waals surface area contributed by atoms with Crippen molar-refractivity contribution in [2.75, 3.05) is 38.2 Å². The second kappa shape index (κ2) is 6.24. The smallest absolute Gasteiger partial charge is 0.213 e. The quantitative estimate of drug-likeness (QED) is 0.864. The Labute approximate surface area is 123 Å². The number of hydrogen-bond acceptors (Lipinski definition) is 5. The molecule has 2 aromatic rings. The number of methoxy groups -OCH3 is 1. The molecular formula is C15H19N3OS. The Hall–Kier alpha value is -1.59. The second-order valence-electron chi connectivity index (χ2n) is 4.89. The molecule has 0 radical (unpaired) electrons. The first-order chi connectivity index (χ1) is 9.85. The molecule has 106 valence electrons. The SMILES string of the molecule is COc1cccc(CN2CCN(c3cccs3)CC2)n1. The molecule has 3 heterocycles. The van der Waals surface area contributed by atoms with Gasteiger partial charge in [0, 0.05) is 38.8 Å². The number of rotatable bonds is 4. The van der Waals surface area contributed by atoms with E-state index in [1.54, 1.807) is 7.11 Å². The standard InChI is InChI=1S/C15H19N3OS/c1-19-14-5-2-4-13(16-14)12-17-7-9-18(10-8-17)15-6-3-11-20-15/h2-6,11H,7-10,12H2,1H3. The normalized spacial score (nSPS) is 16.4. The van der Waals surface area contributed by atoms with Crippen molar-refractivity contribution in [1.82, 2.24) is 9.88 Å². The van der Waals surface area contributed by atoms with Crippen LogP contribution in [0.4, 0.5) is 5.00 Å². The second-order valence-corrected chi connectivity index (χ2v) is 5.81. The Balaban J connectivity index is 1.55. The van der Waals surface area contributed by atoms with Crippen LogP contribution in [0.15, 0.2) is 35.7 Å². The van der Waals surface area contributed by atoms with Gasteiger partial charge < -0.3 is 9.64 Å². The molecule has 1 aliphatic heterocycles. The number of nitrogens with zero attached hydrogens (tertiary/aromatic N) is 3. The molecule has 1 aliphatic rings. The number of aromatic nitrogens is 1. The molecule has 0 atom stereocenters. The van der Waals surface area contributed by atoms with Gasteiger partial charge in [-0.05, 0) is 23.6 Å². The first kappa shape index (κ1) is 13.4. The van der Waals surface area contributed by atoms with Gasteiger partial charge in [0.2, 0.25) is 5.88 Å². The molecule has 0 unspecified atom stereocenters. The summed E-state index contributed by atoms with van der Waals surface area (Å²) in [6.07, 6.45) is 0. The maximum Gasteiger partial charge on any atom is 0.213 e. The van der Waals surface area contributed by atoms with Crippen LogP contribution in [0, 0.1) is 0 Å². The summed E-state index contributed by atoms with van der Waals surface area (Å²) >= 11 is 1.82. The molecule has 0 spiro atoms. The van der Waals surface area contributed by atoms with Crippen LogP contribution in [0.1, 0.15) is 5.69 Å². The van der Waals surface area contributed by atoms with Gasteiger partial charge in [-0.15, -0.1) is 11.3 Å². The van der Waals surface area contributed by atoms with Crippen LogP contribution in [0.5, 0.6) is 5.88 Å². The molecule has 3 rings (SSSR count). The highest BCUT2D eigenvalue weighted by atomic mass is 32.1. The Bertz CT molecular complexity index is 536. The maximum atomic E-state index is 5.17. The molecule has 0 aromatic carbocycles. The van der Waals surface area contributed by atoms with Crippen LogP contribution in [0.25, 0.3) is 0 Å². The number of anilines is 1. The van der Waals surface area contributed by atoms with Crippen LogP contribution in [0.3, 0.4) is 0 Å². The van der Waals surface area contributed by atoms with Gasteiger partial charge in [-0.2, -0.15) is 0 Å². The van der Waals surface area contributed by atoms with E-state index in [-0.39, 0.29) is 0 Å². The fourth-order valence-electron chi connectivity index (χ4n) is 2.46. The monoisotopic (exact) mass is 289 g/mol. The summed E-state index contributed by atoms with van der Waals surface area (Å²) in [5.74, 6) is 0.694. The lowest BCUT2D eigenvalue weighted by Crippen LogP contribution is -2.45. The van der Waals surface area contributed by atoms with E-state index < -0.39 is 0 Å². The molecule has 0 bridgehead atoms. The summed E-state index contributed by atoms with van der Waals surface area (Å²) < 4.78 is 5.17. The number of hydrogen-bond donors (Lipinski definition) is 0. The Morgan fingerprint density at radius 2 is 2.00 bits per heavy atom. The third-order valence-corrected chi connectivity index (χ3v) is 4.50. The number of thiophene rings is 1. The Morgan fingerprint density at radius 1 is 1.15 bits per heavy atom. The van der Waals surface area contributed by atoms with Gasteiger partial charge in [-0.1, -0.05) is 6.07 Å². The third-order valence-electron chi connectivity index (χ3n) is 3.57. The lowest BCUT2D eigenvalue weighted by molar-refractivity contribution is 0.246. The average Bonchev–Trinajstić information content (AvgIpc) is 3.02. The molecule has 0 aliphatic carbocycles. The predicted molar refractivity (Wildman–Crippen MR) is 82.6 cm³/mol. The fourth-order valence-corrected chi connectivity index (χ4v) is 3.25. The summed E-state index contributed by atoms with van der Waals surface area (Å²) in [5.41, 5.74) is 1.08. The minimum atomic E-state index is 0.694. The number of ether oxygens (including phenoxy) is 1. The highest BCUT2D eigenvalue weighted by Gasteiger charge is 2.18. The Kier molecular flexibility index (Phi) is 4.18. The minimum absolute atomic E-state index is 0.694. The molecule has 1 fully saturated rings. The average molecular weight is 289 g/mol. The van der Waals surface area contributed by atoms with Crippen LogP contribution in [0.2, 0.25) is 0 Å². The molecule has 1 saturated heterocycles. The largest absolute Gasteiger partial charge is 0.481 e. The Morgan fingerprint density at radius 3 is 2.70 bits per heavy atom. The summed E-state index contributed by atoms with van der Waals surface area (Å²) in [4.78, 5) is 9.39. The van der Waals surface area contributed by atoms with Crippen molar-refractivity contribution in [3.05, 3.63) is 41.4 Å². The molecule has 0 amide bonds. The highest BCUT2D eigenvalue weighted by Crippen LogP contribution is 2.22. The predicted octanol–water partition coefficient (Wildman–Crippen LogP) is 2.47. The van der Waals surface area contributed by atoms with E-state index in [1.165, 1.54) is 5.00 Å². The summed E-state index contributed by atoms with van der Waals surface area (Å²) in [7, 11) is 1.66. The molecule has 4 nitrogen and oxygen atoms in total. The lowest BCUT2D eigenvalue weighted by Gasteiger charge is -2.35. The highest BCUT2D eigenvalue weighted by molar-refractivity contribution is 7.14. The van der Waals surface area contributed by atoms with Crippen LogP contribution in [-0.2, 0) is 6.54 Å². The fraction of sp³-hybridized carbons (Fsp3) is 0.400. The maximum absolute atomic E-state index is 5.17. The molecular weight excluding hydrogens is 270 g/mol. The van der Waals surface area contributed by atoms with E-state index in [0.717, 1.165) is 38.4 Å². The first-order valence-corrected chi connectivity index (χ1v) is 7.74. The summed E-state index contributed by atoms with van der Waals surface area (Å²) in [6, 6.07) is 10.3. The third kappa shape index (κ3) is 3.11. The van der Waals surface area contributed by atoms with Crippen molar-refractivity contribution < 1.29 is 4.74 Å². The van der Waals surface area contributed by atoms with Crippen molar-refractivity contribution >= 4 is 16.3 Å². The first-order valence-electron chi connectivity index (χ1n) is 6.86. The molecule has 20 heavy (non-hydrogen) atoms. The molecule has 0 saturated carbocycles. The van der Waals surface area contributed by atoms with Gasteiger partial charge in [0.15, 0.2) is 0 Å². The van der Waals surface area contributed by atoms with E-state index in [0.29, 0.717) is 5.88 Å².